The highest BCUT2D eigenvalue weighted by atomic mass is 16.7. The van der Waals surface area contributed by atoms with Crippen LogP contribution in [0.4, 0.5) is 4.79 Å². The molecule has 0 bridgehead atoms. The third kappa shape index (κ3) is 3.75. The fourth-order valence-corrected chi connectivity index (χ4v) is 5.12. The number of methoxy groups -OCH3 is 2. The number of rotatable bonds is 5. The molecule has 0 amide bonds. The highest BCUT2D eigenvalue weighted by molar-refractivity contribution is 5.80. The maximum absolute atomic E-state index is 12.2. The van der Waals surface area contributed by atoms with Gasteiger partial charge in [0.2, 0.25) is 0 Å². The van der Waals surface area contributed by atoms with Crippen molar-refractivity contribution in [3.05, 3.63) is 58.3 Å². The van der Waals surface area contributed by atoms with Crippen LogP contribution in [0.25, 0.3) is 11.3 Å². The van der Waals surface area contributed by atoms with E-state index in [0.717, 1.165) is 39.2 Å². The Morgan fingerprint density at radius 2 is 1.59 bits per heavy atom. The average molecular weight is 466 g/mol. The second kappa shape index (κ2) is 8.97. The van der Waals surface area contributed by atoms with E-state index in [9.17, 15) is 9.90 Å². The van der Waals surface area contributed by atoms with Crippen LogP contribution in [-0.2, 0) is 4.74 Å². The molecule has 4 rings (SSSR count). The third-order valence-electron chi connectivity index (χ3n) is 6.56. The molecule has 2 aromatic carbocycles. The first-order valence-corrected chi connectivity index (χ1v) is 11.3. The maximum atomic E-state index is 12.2. The standard InChI is InChI=1S/C27H31NO6/c1-8-33-27(30)34-23-11-16(4)28-17(5)24(18-9-14(2)26(29)15(3)10-18)19-12-21(31-6)22(32-7)13-20(19)25(23)28/h9-13,17,24,29H,8H2,1-7H3. The molecule has 7 heteroatoms. The van der Waals surface area contributed by atoms with Gasteiger partial charge in [0, 0.05) is 29.3 Å². The van der Waals surface area contributed by atoms with Crippen LogP contribution in [0.3, 0.4) is 0 Å². The number of benzene rings is 2. The van der Waals surface area contributed by atoms with Gasteiger partial charge < -0.3 is 28.6 Å². The van der Waals surface area contributed by atoms with Gasteiger partial charge in [-0.3, -0.25) is 0 Å². The largest absolute Gasteiger partial charge is 0.513 e. The number of hydrogen-bond donors (Lipinski definition) is 1. The molecule has 2 atom stereocenters. The molecule has 34 heavy (non-hydrogen) atoms. The lowest BCUT2D eigenvalue weighted by Crippen LogP contribution is -2.24. The Kier molecular flexibility index (Phi) is 6.21. The molecule has 180 valence electrons. The minimum absolute atomic E-state index is 0.0107. The lowest BCUT2D eigenvalue weighted by atomic mass is 9.78. The van der Waals surface area contributed by atoms with Crippen LogP contribution in [-0.4, -0.2) is 36.7 Å². The van der Waals surface area contributed by atoms with E-state index in [1.165, 1.54) is 0 Å². The summed E-state index contributed by atoms with van der Waals surface area (Å²) in [5, 5.41) is 10.4. The Morgan fingerprint density at radius 1 is 0.971 bits per heavy atom. The summed E-state index contributed by atoms with van der Waals surface area (Å²) in [7, 11) is 3.21. The second-order valence-electron chi connectivity index (χ2n) is 8.67. The van der Waals surface area contributed by atoms with Crippen molar-refractivity contribution in [3.63, 3.8) is 0 Å². The smallest absolute Gasteiger partial charge is 0.507 e. The summed E-state index contributed by atoms with van der Waals surface area (Å²) in [6.07, 6.45) is -0.738. The molecule has 1 aliphatic rings. The van der Waals surface area contributed by atoms with Crippen LogP contribution in [0.5, 0.6) is 23.0 Å². The Balaban J connectivity index is 2.00. The predicted octanol–water partition coefficient (Wildman–Crippen LogP) is 6.04. The summed E-state index contributed by atoms with van der Waals surface area (Å²) >= 11 is 0. The fraction of sp³-hybridized carbons (Fsp3) is 0.370. The minimum atomic E-state index is -0.738. The minimum Gasteiger partial charge on any atom is -0.507 e. The van der Waals surface area contributed by atoms with Gasteiger partial charge in [-0.2, -0.15) is 0 Å². The first-order valence-electron chi connectivity index (χ1n) is 11.3. The van der Waals surface area contributed by atoms with Gasteiger partial charge in [0.05, 0.1) is 26.5 Å². The van der Waals surface area contributed by atoms with Gasteiger partial charge in [-0.25, -0.2) is 4.79 Å². The number of phenolic OH excluding ortho intramolecular Hbond substituents is 1. The molecule has 0 spiro atoms. The molecule has 1 aliphatic heterocycles. The van der Waals surface area contributed by atoms with Crippen LogP contribution in [0.15, 0.2) is 30.3 Å². The maximum Gasteiger partial charge on any atom is 0.513 e. The van der Waals surface area contributed by atoms with Gasteiger partial charge in [0.15, 0.2) is 17.2 Å². The predicted molar refractivity (Wildman–Crippen MR) is 129 cm³/mol. The Morgan fingerprint density at radius 3 is 2.18 bits per heavy atom. The van der Waals surface area contributed by atoms with E-state index in [2.05, 4.69) is 11.5 Å². The van der Waals surface area contributed by atoms with Crippen molar-refractivity contribution in [1.29, 1.82) is 0 Å². The van der Waals surface area contributed by atoms with E-state index >= 15 is 0 Å². The number of carbonyl (C=O) groups is 1. The van der Waals surface area contributed by atoms with E-state index in [-0.39, 0.29) is 18.6 Å². The van der Waals surface area contributed by atoms with Crippen LogP contribution >= 0.6 is 0 Å². The first kappa shape index (κ1) is 23.5. The highest BCUT2D eigenvalue weighted by Gasteiger charge is 2.37. The molecule has 2 heterocycles. The quantitative estimate of drug-likeness (QED) is 0.463. The van der Waals surface area contributed by atoms with E-state index < -0.39 is 6.16 Å². The van der Waals surface area contributed by atoms with Crippen LogP contribution in [0.2, 0.25) is 0 Å². The summed E-state index contributed by atoms with van der Waals surface area (Å²) in [6.45, 7) is 9.93. The number of aromatic hydroxyl groups is 1. The van der Waals surface area contributed by atoms with E-state index in [1.807, 2.05) is 51.1 Å². The molecular formula is C27H31NO6. The summed E-state index contributed by atoms with van der Waals surface area (Å²) in [5.74, 6) is 1.91. The second-order valence-corrected chi connectivity index (χ2v) is 8.67. The van der Waals surface area contributed by atoms with Gasteiger partial charge in [-0.05, 0) is 69.0 Å². The molecule has 1 N–H and O–H groups in total. The van der Waals surface area contributed by atoms with Gasteiger partial charge in [0.25, 0.3) is 0 Å². The molecule has 7 nitrogen and oxygen atoms in total. The zero-order valence-electron chi connectivity index (χ0n) is 20.7. The number of aryl methyl sites for hydroxylation is 3. The van der Waals surface area contributed by atoms with Crippen LogP contribution in [0.1, 0.15) is 53.8 Å². The topological polar surface area (TPSA) is 79.2 Å². The molecule has 0 fully saturated rings. The van der Waals surface area contributed by atoms with Crippen LogP contribution in [0, 0.1) is 20.8 Å². The Labute approximate surface area is 199 Å². The molecule has 2 unspecified atom stereocenters. The number of nitrogens with zero attached hydrogens (tertiary/aromatic N) is 1. The number of aromatic nitrogens is 1. The van der Waals surface area contributed by atoms with Gasteiger partial charge in [-0.1, -0.05) is 12.1 Å². The Hall–Kier alpha value is -3.61. The average Bonchev–Trinajstić information content (AvgIpc) is 3.12. The number of hydrogen-bond acceptors (Lipinski definition) is 6. The molecule has 0 saturated carbocycles. The van der Waals surface area contributed by atoms with E-state index in [1.54, 1.807) is 21.1 Å². The normalized spacial score (nSPS) is 16.4. The molecule has 0 radical (unpaired) electrons. The van der Waals surface area contributed by atoms with Crippen molar-refractivity contribution in [2.24, 2.45) is 0 Å². The van der Waals surface area contributed by atoms with Gasteiger partial charge >= 0.3 is 6.16 Å². The third-order valence-corrected chi connectivity index (χ3v) is 6.56. The van der Waals surface area contributed by atoms with Gasteiger partial charge in [-0.15, -0.1) is 0 Å². The van der Waals surface area contributed by atoms with E-state index in [4.69, 9.17) is 18.9 Å². The molecular weight excluding hydrogens is 434 g/mol. The summed E-state index contributed by atoms with van der Waals surface area (Å²) in [6, 6.07) is 9.83. The van der Waals surface area contributed by atoms with Crippen molar-refractivity contribution < 1.29 is 28.8 Å². The van der Waals surface area contributed by atoms with E-state index in [0.29, 0.717) is 23.0 Å². The lowest BCUT2D eigenvalue weighted by Gasteiger charge is -2.36. The lowest BCUT2D eigenvalue weighted by molar-refractivity contribution is 0.104. The molecule has 0 saturated heterocycles. The highest BCUT2D eigenvalue weighted by Crippen LogP contribution is 2.53. The number of fused-ring (bicyclic) bond motifs is 3. The van der Waals surface area contributed by atoms with Crippen molar-refractivity contribution in [2.75, 3.05) is 20.8 Å². The van der Waals surface area contributed by atoms with Crippen molar-refractivity contribution in [1.82, 2.24) is 4.57 Å². The Bertz CT molecular complexity index is 1240. The van der Waals surface area contributed by atoms with Gasteiger partial charge in [0.1, 0.15) is 5.75 Å². The SMILES string of the molecule is CCOC(=O)Oc1cc(C)n2c1-c1cc(OC)c(OC)cc1C(c1cc(C)c(O)c(C)c1)C2C. The van der Waals surface area contributed by atoms with Crippen molar-refractivity contribution in [3.8, 4) is 34.3 Å². The first-order chi connectivity index (χ1) is 16.2. The summed E-state index contributed by atoms with van der Waals surface area (Å²) in [5.41, 5.74) is 6.39. The summed E-state index contributed by atoms with van der Waals surface area (Å²) in [4.78, 5) is 12.2. The molecule has 3 aromatic rings. The zero-order valence-corrected chi connectivity index (χ0v) is 20.7. The number of phenols is 1. The number of ether oxygens (including phenoxy) is 4. The summed E-state index contributed by atoms with van der Waals surface area (Å²) < 4.78 is 24.1. The monoisotopic (exact) mass is 465 g/mol. The zero-order chi connectivity index (χ0) is 24.7. The van der Waals surface area contributed by atoms with Crippen molar-refractivity contribution >= 4 is 6.16 Å². The molecule has 1 aromatic heterocycles. The number of carbonyl (C=O) groups excluding carboxylic acids is 1. The molecule has 0 aliphatic carbocycles. The fourth-order valence-electron chi connectivity index (χ4n) is 5.12. The van der Waals surface area contributed by atoms with Crippen LogP contribution < -0.4 is 14.2 Å². The van der Waals surface area contributed by atoms with Crippen molar-refractivity contribution in [2.45, 2.75) is 46.6 Å².